The van der Waals surface area contributed by atoms with E-state index in [0.29, 0.717) is 18.1 Å². The van der Waals surface area contributed by atoms with E-state index in [1.165, 1.54) is 6.26 Å². The topological polar surface area (TPSA) is 89.3 Å². The van der Waals surface area contributed by atoms with Gasteiger partial charge in [0.25, 0.3) is 0 Å². The molecule has 2 aromatic carbocycles. The highest BCUT2D eigenvalue weighted by molar-refractivity contribution is 7.90. The Morgan fingerprint density at radius 2 is 1.79 bits per heavy atom. The zero-order valence-electron chi connectivity index (χ0n) is 15.8. The van der Waals surface area contributed by atoms with Gasteiger partial charge in [-0.1, -0.05) is 42.5 Å². The minimum absolute atomic E-state index is 0.126. The summed E-state index contributed by atoms with van der Waals surface area (Å²) in [5.41, 5.74) is 1.78. The molecule has 0 spiro atoms. The highest BCUT2D eigenvalue weighted by Gasteiger charge is 2.13. The van der Waals surface area contributed by atoms with Gasteiger partial charge in [-0.15, -0.1) is 0 Å². The summed E-state index contributed by atoms with van der Waals surface area (Å²) in [6, 6.07) is 15.9. The summed E-state index contributed by atoms with van der Waals surface area (Å²) >= 11 is 0. The van der Waals surface area contributed by atoms with Crippen molar-refractivity contribution in [3.63, 3.8) is 0 Å². The van der Waals surface area contributed by atoms with Crippen LogP contribution in [0.3, 0.4) is 0 Å². The first-order valence-electron chi connectivity index (χ1n) is 8.92. The number of hydrogen-bond donors (Lipinski definition) is 1. The molecule has 0 fully saturated rings. The molecule has 1 heterocycles. The van der Waals surface area contributed by atoms with Crippen molar-refractivity contribution in [3.8, 4) is 11.3 Å². The largest absolute Gasteiger partial charge is 0.441 e. The summed E-state index contributed by atoms with van der Waals surface area (Å²) < 4.78 is 28.7. The third-order valence-electron chi connectivity index (χ3n) is 4.36. The third kappa shape index (κ3) is 5.07. The standard InChI is InChI=1S/C21H22N2O4S/c1-15(16-8-10-18(11-9-16)28(2,25)26)23-20(24)12-13-21-22-14-19(27-21)17-6-4-3-5-7-17/h3-11,14-15H,12-13H2,1-2H3,(H,23,24)/t15-/m1/s1. The first-order chi connectivity index (χ1) is 13.3. The van der Waals surface area contributed by atoms with E-state index >= 15 is 0 Å². The zero-order valence-corrected chi connectivity index (χ0v) is 16.6. The average molecular weight is 398 g/mol. The second-order valence-electron chi connectivity index (χ2n) is 6.61. The second kappa shape index (κ2) is 8.39. The number of benzene rings is 2. The van der Waals surface area contributed by atoms with Gasteiger partial charge in [-0.3, -0.25) is 4.79 Å². The Labute approximate surface area is 164 Å². The minimum atomic E-state index is -3.23. The molecule has 3 rings (SSSR count). The number of hydrogen-bond acceptors (Lipinski definition) is 5. The van der Waals surface area contributed by atoms with E-state index < -0.39 is 9.84 Å². The lowest BCUT2D eigenvalue weighted by Crippen LogP contribution is -2.26. The molecule has 1 atom stereocenters. The Hall–Kier alpha value is -2.93. The van der Waals surface area contributed by atoms with Crippen LogP contribution in [0, 0.1) is 0 Å². The monoisotopic (exact) mass is 398 g/mol. The maximum absolute atomic E-state index is 12.2. The number of rotatable bonds is 7. The van der Waals surface area contributed by atoms with Crippen LogP contribution in [0.2, 0.25) is 0 Å². The molecule has 7 heteroatoms. The van der Waals surface area contributed by atoms with Crippen molar-refractivity contribution in [3.05, 3.63) is 72.2 Å². The smallest absolute Gasteiger partial charge is 0.220 e. The van der Waals surface area contributed by atoms with Crippen LogP contribution >= 0.6 is 0 Å². The number of nitrogens with zero attached hydrogens (tertiary/aromatic N) is 1. The number of aromatic nitrogens is 1. The van der Waals surface area contributed by atoms with Crippen molar-refractivity contribution in [2.75, 3.05) is 6.26 Å². The van der Waals surface area contributed by atoms with Crippen molar-refractivity contribution in [2.24, 2.45) is 0 Å². The van der Waals surface area contributed by atoms with Crippen LogP contribution in [0.4, 0.5) is 0 Å². The fourth-order valence-corrected chi connectivity index (χ4v) is 3.41. The summed E-state index contributed by atoms with van der Waals surface area (Å²) in [5.74, 6) is 1.06. The van der Waals surface area contributed by atoms with Crippen molar-refractivity contribution in [1.82, 2.24) is 10.3 Å². The number of sulfone groups is 1. The number of aryl methyl sites for hydroxylation is 1. The first kappa shape index (κ1) is 19.8. The second-order valence-corrected chi connectivity index (χ2v) is 8.63. The fraction of sp³-hybridized carbons (Fsp3) is 0.238. The molecule has 146 valence electrons. The summed E-state index contributed by atoms with van der Waals surface area (Å²) in [6.45, 7) is 1.85. The maximum atomic E-state index is 12.2. The van der Waals surface area contributed by atoms with Crippen molar-refractivity contribution in [2.45, 2.75) is 30.7 Å². The quantitative estimate of drug-likeness (QED) is 0.657. The number of carbonyl (C=O) groups is 1. The molecule has 6 nitrogen and oxygen atoms in total. The first-order valence-corrected chi connectivity index (χ1v) is 10.8. The molecule has 0 unspecified atom stereocenters. The van der Waals surface area contributed by atoms with Gasteiger partial charge in [-0.2, -0.15) is 0 Å². The summed E-state index contributed by atoms with van der Waals surface area (Å²) in [6.07, 6.45) is 3.48. The molecule has 0 radical (unpaired) electrons. The van der Waals surface area contributed by atoms with Gasteiger partial charge < -0.3 is 9.73 Å². The number of amides is 1. The Bertz CT molecular complexity index is 1040. The molecular weight excluding hydrogens is 376 g/mol. The fourth-order valence-electron chi connectivity index (χ4n) is 2.78. The minimum Gasteiger partial charge on any atom is -0.441 e. The molecule has 3 aromatic rings. The summed E-state index contributed by atoms with van der Waals surface area (Å²) in [7, 11) is -3.23. The lowest BCUT2D eigenvalue weighted by molar-refractivity contribution is -0.121. The number of nitrogens with one attached hydrogen (secondary N) is 1. The Kier molecular flexibility index (Phi) is 5.94. The van der Waals surface area contributed by atoms with Crippen LogP contribution in [0.25, 0.3) is 11.3 Å². The van der Waals surface area contributed by atoms with E-state index in [1.54, 1.807) is 30.5 Å². The van der Waals surface area contributed by atoms with E-state index in [2.05, 4.69) is 10.3 Å². The van der Waals surface area contributed by atoms with Gasteiger partial charge in [0.1, 0.15) is 0 Å². The molecule has 0 saturated carbocycles. The van der Waals surface area contributed by atoms with Gasteiger partial charge in [-0.05, 0) is 24.6 Å². The Morgan fingerprint density at radius 3 is 2.43 bits per heavy atom. The summed E-state index contributed by atoms with van der Waals surface area (Å²) in [4.78, 5) is 16.7. The van der Waals surface area contributed by atoms with Crippen LogP contribution < -0.4 is 5.32 Å². The zero-order chi connectivity index (χ0) is 20.1. The number of carbonyl (C=O) groups excluding carboxylic acids is 1. The lowest BCUT2D eigenvalue weighted by atomic mass is 10.1. The molecular formula is C21H22N2O4S. The van der Waals surface area contributed by atoms with Crippen molar-refractivity contribution < 1.29 is 17.6 Å². The maximum Gasteiger partial charge on any atom is 0.220 e. The van der Waals surface area contributed by atoms with Crippen LogP contribution in [0.5, 0.6) is 0 Å². The van der Waals surface area contributed by atoms with Crippen LogP contribution in [0.15, 0.2) is 70.1 Å². The predicted molar refractivity (Wildman–Crippen MR) is 106 cm³/mol. The van der Waals surface area contributed by atoms with Gasteiger partial charge in [0.2, 0.25) is 5.91 Å². The van der Waals surface area contributed by atoms with E-state index in [-0.39, 0.29) is 23.3 Å². The number of oxazole rings is 1. The highest BCUT2D eigenvalue weighted by atomic mass is 32.2. The average Bonchev–Trinajstić information content (AvgIpc) is 3.15. The Balaban J connectivity index is 1.54. The molecule has 0 bridgehead atoms. The highest BCUT2D eigenvalue weighted by Crippen LogP contribution is 2.20. The third-order valence-corrected chi connectivity index (χ3v) is 5.49. The van der Waals surface area contributed by atoms with E-state index in [0.717, 1.165) is 11.1 Å². The predicted octanol–water partition coefficient (Wildman–Crippen LogP) is 3.56. The molecule has 1 amide bonds. The lowest BCUT2D eigenvalue weighted by Gasteiger charge is -2.14. The van der Waals surface area contributed by atoms with Crippen molar-refractivity contribution >= 4 is 15.7 Å². The van der Waals surface area contributed by atoms with Gasteiger partial charge in [0.05, 0.1) is 17.1 Å². The van der Waals surface area contributed by atoms with Crippen LogP contribution in [-0.4, -0.2) is 25.6 Å². The summed E-state index contributed by atoms with van der Waals surface area (Å²) in [5, 5.41) is 2.91. The van der Waals surface area contributed by atoms with E-state index in [9.17, 15) is 13.2 Å². The van der Waals surface area contributed by atoms with Crippen LogP contribution in [0.1, 0.15) is 30.8 Å². The Morgan fingerprint density at radius 1 is 1.11 bits per heavy atom. The van der Waals surface area contributed by atoms with Gasteiger partial charge >= 0.3 is 0 Å². The molecule has 0 aliphatic carbocycles. The van der Waals surface area contributed by atoms with E-state index in [1.807, 2.05) is 37.3 Å². The van der Waals surface area contributed by atoms with Crippen molar-refractivity contribution in [1.29, 1.82) is 0 Å². The molecule has 0 saturated heterocycles. The molecule has 0 aliphatic heterocycles. The van der Waals surface area contributed by atoms with Crippen LogP contribution in [-0.2, 0) is 21.1 Å². The normalized spacial score (nSPS) is 12.5. The molecule has 0 aliphatic rings. The molecule has 28 heavy (non-hydrogen) atoms. The SMILES string of the molecule is C[C@@H](NC(=O)CCc1ncc(-c2ccccc2)o1)c1ccc(S(C)(=O)=O)cc1. The van der Waals surface area contributed by atoms with Gasteiger partial charge in [0, 0.05) is 24.7 Å². The van der Waals surface area contributed by atoms with Gasteiger partial charge in [0.15, 0.2) is 21.5 Å². The van der Waals surface area contributed by atoms with E-state index in [4.69, 9.17) is 4.42 Å². The molecule has 1 N–H and O–H groups in total. The molecule has 1 aromatic heterocycles. The van der Waals surface area contributed by atoms with Gasteiger partial charge in [-0.25, -0.2) is 13.4 Å².